The minimum atomic E-state index is -0.186. The highest BCUT2D eigenvalue weighted by Gasteiger charge is 2.12. The molecule has 0 amide bonds. The third kappa shape index (κ3) is 2.65. The van der Waals surface area contributed by atoms with Gasteiger partial charge in [-0.3, -0.25) is 0 Å². The molecule has 0 aliphatic carbocycles. The lowest BCUT2D eigenvalue weighted by atomic mass is 10.2. The van der Waals surface area contributed by atoms with E-state index < -0.39 is 0 Å². The number of hydrogen-bond acceptors (Lipinski definition) is 4. The van der Waals surface area contributed by atoms with Crippen LogP contribution < -0.4 is 5.73 Å². The maximum Gasteiger partial charge on any atom is 0.0781 e. The van der Waals surface area contributed by atoms with Crippen LogP contribution in [0.4, 0.5) is 0 Å². The van der Waals surface area contributed by atoms with Crippen LogP contribution in [0, 0.1) is 0 Å². The van der Waals surface area contributed by atoms with Crippen LogP contribution >= 0.6 is 0 Å². The van der Waals surface area contributed by atoms with E-state index in [1.807, 2.05) is 6.92 Å². The molecule has 0 spiro atoms. The van der Waals surface area contributed by atoms with Crippen LogP contribution in [-0.4, -0.2) is 28.7 Å². The average Bonchev–Trinajstić information content (AvgIpc) is 2.51. The van der Waals surface area contributed by atoms with Gasteiger partial charge in [0.25, 0.3) is 0 Å². The van der Waals surface area contributed by atoms with Crippen LogP contribution in [0.3, 0.4) is 0 Å². The first kappa shape index (κ1) is 10.9. The molecule has 1 aromatic rings. The highest BCUT2D eigenvalue weighted by Crippen LogP contribution is 2.09. The number of nitrogens with two attached hydrogens (primary N) is 1. The van der Waals surface area contributed by atoms with E-state index in [1.165, 1.54) is 0 Å². The molecule has 1 atom stereocenters. The normalized spacial score (nSPS) is 12.8. The van der Waals surface area contributed by atoms with Crippen LogP contribution in [0.2, 0.25) is 0 Å². The molecule has 2 N–H and O–H groups in total. The van der Waals surface area contributed by atoms with Gasteiger partial charge in [0, 0.05) is 7.11 Å². The molecule has 14 heavy (non-hydrogen) atoms. The third-order valence-corrected chi connectivity index (χ3v) is 1.79. The average molecular weight is 196 g/mol. The van der Waals surface area contributed by atoms with Gasteiger partial charge >= 0.3 is 0 Å². The summed E-state index contributed by atoms with van der Waals surface area (Å²) in [7, 11) is 1.62. The van der Waals surface area contributed by atoms with Crippen molar-refractivity contribution in [3.05, 3.63) is 24.0 Å². The van der Waals surface area contributed by atoms with Gasteiger partial charge in [-0.05, 0) is 6.92 Å². The first-order chi connectivity index (χ1) is 6.65. The Morgan fingerprint density at radius 2 is 2.50 bits per heavy atom. The fraction of sp³-hybridized carbons (Fsp3) is 0.556. The summed E-state index contributed by atoms with van der Waals surface area (Å²) in [6.45, 7) is 6.86. The second-order valence-corrected chi connectivity index (χ2v) is 3.34. The van der Waals surface area contributed by atoms with Crippen molar-refractivity contribution in [2.24, 2.45) is 5.73 Å². The zero-order valence-corrected chi connectivity index (χ0v) is 8.60. The van der Waals surface area contributed by atoms with Crippen molar-refractivity contribution in [2.45, 2.75) is 19.5 Å². The molecule has 1 aromatic heterocycles. The van der Waals surface area contributed by atoms with Crippen LogP contribution in [0.15, 0.2) is 18.3 Å². The van der Waals surface area contributed by atoms with Crippen molar-refractivity contribution in [2.75, 3.05) is 13.7 Å². The zero-order valence-electron chi connectivity index (χ0n) is 8.60. The Kier molecular flexibility index (Phi) is 3.79. The molecular weight excluding hydrogens is 180 g/mol. The minimum Gasteiger partial charge on any atom is -0.383 e. The molecule has 5 heteroatoms. The Bertz CT molecular complexity index is 308. The summed E-state index contributed by atoms with van der Waals surface area (Å²) < 4.78 is 6.71. The molecule has 0 radical (unpaired) electrons. The van der Waals surface area contributed by atoms with Crippen molar-refractivity contribution in [1.82, 2.24) is 15.0 Å². The first-order valence-corrected chi connectivity index (χ1v) is 4.42. The summed E-state index contributed by atoms with van der Waals surface area (Å²) in [5.74, 6) is 0. The predicted octanol–water partition coefficient (Wildman–Crippen LogP) is 0.500. The van der Waals surface area contributed by atoms with Crippen molar-refractivity contribution in [3.63, 3.8) is 0 Å². The third-order valence-electron chi connectivity index (χ3n) is 1.79. The fourth-order valence-electron chi connectivity index (χ4n) is 1.20. The molecule has 0 aromatic carbocycles. The standard InChI is InChI=1S/C9H16N4O/c1-7(2)5-13-9(4-11-12-13)8(10)6-14-3/h4,8H,1,5-6,10H2,2-3H3/t8-/m1/s1. The number of ether oxygens (including phenoxy) is 1. The summed E-state index contributed by atoms with van der Waals surface area (Å²) in [4.78, 5) is 0. The molecule has 1 heterocycles. The second kappa shape index (κ2) is 4.88. The molecule has 0 aliphatic heterocycles. The molecular formula is C9H16N4O. The molecule has 78 valence electrons. The maximum atomic E-state index is 5.87. The summed E-state index contributed by atoms with van der Waals surface area (Å²) in [6, 6.07) is -0.186. The number of nitrogens with zero attached hydrogens (tertiary/aromatic N) is 3. The van der Waals surface area contributed by atoms with Gasteiger partial charge in [0.05, 0.1) is 31.1 Å². The van der Waals surface area contributed by atoms with Gasteiger partial charge in [0.1, 0.15) is 0 Å². The molecule has 5 nitrogen and oxygen atoms in total. The quantitative estimate of drug-likeness (QED) is 0.696. The van der Waals surface area contributed by atoms with Crippen molar-refractivity contribution in [1.29, 1.82) is 0 Å². The zero-order chi connectivity index (χ0) is 10.6. The van der Waals surface area contributed by atoms with Gasteiger partial charge in [-0.15, -0.1) is 5.10 Å². The number of aromatic nitrogens is 3. The lowest BCUT2D eigenvalue weighted by molar-refractivity contribution is 0.178. The van der Waals surface area contributed by atoms with E-state index in [-0.39, 0.29) is 6.04 Å². The van der Waals surface area contributed by atoms with Crippen LogP contribution in [0.5, 0.6) is 0 Å². The van der Waals surface area contributed by atoms with Gasteiger partial charge in [-0.25, -0.2) is 4.68 Å². The molecule has 0 unspecified atom stereocenters. The predicted molar refractivity (Wildman–Crippen MR) is 53.6 cm³/mol. The van der Waals surface area contributed by atoms with E-state index in [0.29, 0.717) is 13.2 Å². The van der Waals surface area contributed by atoms with Crippen molar-refractivity contribution >= 4 is 0 Å². The highest BCUT2D eigenvalue weighted by atomic mass is 16.5. The molecule has 0 saturated carbocycles. The van der Waals surface area contributed by atoms with Gasteiger partial charge < -0.3 is 10.5 Å². The Morgan fingerprint density at radius 3 is 3.07 bits per heavy atom. The smallest absolute Gasteiger partial charge is 0.0781 e. The van der Waals surface area contributed by atoms with Gasteiger partial charge in [0.15, 0.2) is 0 Å². The number of rotatable bonds is 5. The van der Waals surface area contributed by atoms with Crippen LogP contribution in [0.1, 0.15) is 18.7 Å². The largest absolute Gasteiger partial charge is 0.383 e. The topological polar surface area (TPSA) is 66.0 Å². The number of allylic oxidation sites excluding steroid dienone is 1. The van der Waals surface area contributed by atoms with Gasteiger partial charge in [-0.2, -0.15) is 0 Å². The Morgan fingerprint density at radius 1 is 1.79 bits per heavy atom. The Labute approximate surface area is 83.5 Å². The van der Waals surface area contributed by atoms with Gasteiger partial charge in [0.2, 0.25) is 0 Å². The summed E-state index contributed by atoms with van der Waals surface area (Å²) in [5, 5.41) is 7.74. The van der Waals surface area contributed by atoms with E-state index in [9.17, 15) is 0 Å². The monoisotopic (exact) mass is 196 g/mol. The van der Waals surface area contributed by atoms with Crippen LogP contribution in [-0.2, 0) is 11.3 Å². The summed E-state index contributed by atoms with van der Waals surface area (Å²) in [5.41, 5.74) is 7.76. The lowest BCUT2D eigenvalue weighted by Crippen LogP contribution is -2.20. The molecule has 0 saturated heterocycles. The van der Waals surface area contributed by atoms with Crippen molar-refractivity contribution < 1.29 is 4.74 Å². The summed E-state index contributed by atoms with van der Waals surface area (Å²) in [6.07, 6.45) is 1.66. The van der Waals surface area contributed by atoms with Crippen molar-refractivity contribution in [3.8, 4) is 0 Å². The molecule has 0 bridgehead atoms. The highest BCUT2D eigenvalue weighted by molar-refractivity contribution is 5.03. The molecule has 1 rings (SSSR count). The van der Waals surface area contributed by atoms with Gasteiger partial charge in [-0.1, -0.05) is 17.4 Å². The number of hydrogen-bond donors (Lipinski definition) is 1. The molecule has 0 aliphatic rings. The van der Waals surface area contributed by atoms with E-state index in [0.717, 1.165) is 11.3 Å². The Balaban J connectivity index is 2.75. The number of methoxy groups -OCH3 is 1. The Hall–Kier alpha value is -1.20. The van der Waals surface area contributed by atoms with Crippen LogP contribution in [0.25, 0.3) is 0 Å². The lowest BCUT2D eigenvalue weighted by Gasteiger charge is -2.11. The van der Waals surface area contributed by atoms with E-state index >= 15 is 0 Å². The first-order valence-electron chi connectivity index (χ1n) is 4.42. The van der Waals surface area contributed by atoms with E-state index in [1.54, 1.807) is 18.0 Å². The fourth-order valence-corrected chi connectivity index (χ4v) is 1.20. The van der Waals surface area contributed by atoms with E-state index in [2.05, 4.69) is 16.9 Å². The minimum absolute atomic E-state index is 0.186. The SMILES string of the molecule is C=C(C)Cn1nncc1[C@H](N)COC. The summed E-state index contributed by atoms with van der Waals surface area (Å²) >= 11 is 0. The maximum absolute atomic E-state index is 5.87. The van der Waals surface area contributed by atoms with E-state index in [4.69, 9.17) is 10.5 Å². The second-order valence-electron chi connectivity index (χ2n) is 3.34. The molecule has 0 fully saturated rings.